The van der Waals surface area contributed by atoms with Gasteiger partial charge in [-0.25, -0.2) is 9.18 Å². The van der Waals surface area contributed by atoms with Gasteiger partial charge in [0, 0.05) is 29.6 Å². The van der Waals surface area contributed by atoms with Crippen molar-refractivity contribution in [2.75, 3.05) is 6.54 Å². The van der Waals surface area contributed by atoms with Gasteiger partial charge in [0.15, 0.2) is 0 Å². The molecule has 2 aromatic carbocycles. The summed E-state index contributed by atoms with van der Waals surface area (Å²) in [5.41, 5.74) is 3.66. The van der Waals surface area contributed by atoms with Crippen LogP contribution in [0, 0.1) is 5.82 Å². The number of aliphatic carboxylic acids is 1. The van der Waals surface area contributed by atoms with Crippen LogP contribution >= 0.6 is 0 Å². The molecule has 4 rings (SSSR count). The summed E-state index contributed by atoms with van der Waals surface area (Å²) < 4.78 is 13.3. The number of fused-ring (bicyclic) bond motifs is 1. The molecule has 1 saturated heterocycles. The summed E-state index contributed by atoms with van der Waals surface area (Å²) in [5, 5.41) is 10.3. The molecule has 0 bridgehead atoms. The van der Waals surface area contributed by atoms with E-state index in [9.17, 15) is 19.1 Å². The number of benzene rings is 2. The lowest BCUT2D eigenvalue weighted by Crippen LogP contribution is -2.40. The second kappa shape index (κ2) is 7.46. The monoisotopic (exact) mass is 380 g/mol. The van der Waals surface area contributed by atoms with E-state index in [1.807, 2.05) is 24.3 Å². The average molecular weight is 380 g/mol. The minimum atomic E-state index is -0.940. The zero-order valence-electron chi connectivity index (χ0n) is 15.3. The maximum atomic E-state index is 13.3. The number of nitrogens with zero attached hydrogens (tertiary/aromatic N) is 1. The first-order valence-corrected chi connectivity index (χ1v) is 9.42. The van der Waals surface area contributed by atoms with Crippen LogP contribution in [0.5, 0.6) is 0 Å². The summed E-state index contributed by atoms with van der Waals surface area (Å²) in [7, 11) is 0. The van der Waals surface area contributed by atoms with Crippen LogP contribution in [0.4, 0.5) is 4.39 Å². The van der Waals surface area contributed by atoms with E-state index < -0.39 is 12.0 Å². The van der Waals surface area contributed by atoms with Gasteiger partial charge in [0.2, 0.25) is 5.91 Å². The highest BCUT2D eigenvalue weighted by Crippen LogP contribution is 2.32. The van der Waals surface area contributed by atoms with Crippen molar-refractivity contribution in [1.29, 1.82) is 0 Å². The average Bonchev–Trinajstić information content (AvgIpc) is 3.32. The molecule has 0 aliphatic carbocycles. The number of hydrogen-bond donors (Lipinski definition) is 2. The molecule has 0 unspecified atom stereocenters. The van der Waals surface area contributed by atoms with Crippen LogP contribution < -0.4 is 0 Å². The fourth-order valence-electron chi connectivity index (χ4n) is 4.02. The largest absolute Gasteiger partial charge is 0.480 e. The number of halogens is 1. The summed E-state index contributed by atoms with van der Waals surface area (Å²) in [6.45, 7) is 0.495. The van der Waals surface area contributed by atoms with Gasteiger partial charge in [-0.2, -0.15) is 0 Å². The predicted octanol–water partition coefficient (Wildman–Crippen LogP) is 3.98. The lowest BCUT2D eigenvalue weighted by molar-refractivity contribution is -0.148. The summed E-state index contributed by atoms with van der Waals surface area (Å²) in [6, 6.07) is 13.4. The van der Waals surface area contributed by atoms with Gasteiger partial charge in [0.1, 0.15) is 11.9 Å². The minimum absolute atomic E-state index is 0.139. The molecular weight excluding hydrogens is 359 g/mol. The summed E-state index contributed by atoms with van der Waals surface area (Å²) >= 11 is 0. The third-order valence-corrected chi connectivity index (χ3v) is 5.39. The van der Waals surface area contributed by atoms with E-state index in [0.29, 0.717) is 19.4 Å². The number of aryl methyl sites for hydroxylation is 1. The van der Waals surface area contributed by atoms with Crippen molar-refractivity contribution in [3.05, 3.63) is 59.9 Å². The normalized spacial score (nSPS) is 16.6. The third-order valence-electron chi connectivity index (χ3n) is 5.39. The second-order valence-corrected chi connectivity index (χ2v) is 7.11. The van der Waals surface area contributed by atoms with Crippen LogP contribution in [-0.2, 0) is 16.0 Å². The topological polar surface area (TPSA) is 73.4 Å². The standard InChI is InChI=1S/C22H21FN2O3/c23-15-9-7-14(8-10-15)21-17(16-4-1-2-5-18(16)24-21)11-12-20(26)25-13-3-6-19(25)22(27)28/h1-2,4-5,7-10,19,24H,3,6,11-13H2,(H,27,28)/t19-/m0/s1. The Labute approximate surface area is 161 Å². The smallest absolute Gasteiger partial charge is 0.326 e. The Morgan fingerprint density at radius 3 is 2.64 bits per heavy atom. The SMILES string of the molecule is O=C(O)[C@@H]1CCCN1C(=O)CCc1c(-c2ccc(F)cc2)[nH]c2ccccc12. The van der Waals surface area contributed by atoms with Crippen LogP contribution in [0.15, 0.2) is 48.5 Å². The second-order valence-electron chi connectivity index (χ2n) is 7.11. The van der Waals surface area contributed by atoms with Crippen molar-refractivity contribution >= 4 is 22.8 Å². The third kappa shape index (κ3) is 3.38. The zero-order chi connectivity index (χ0) is 19.7. The van der Waals surface area contributed by atoms with Crippen molar-refractivity contribution in [2.45, 2.75) is 31.7 Å². The number of carboxylic acid groups (broad SMARTS) is 1. The Balaban J connectivity index is 1.62. The number of carboxylic acids is 1. The maximum Gasteiger partial charge on any atom is 0.326 e. The molecule has 1 aliphatic rings. The number of H-pyrrole nitrogens is 1. The molecule has 0 spiro atoms. The first kappa shape index (κ1) is 18.2. The summed E-state index contributed by atoms with van der Waals surface area (Å²) in [6.07, 6.45) is 1.95. The number of hydrogen-bond acceptors (Lipinski definition) is 2. The number of carbonyl (C=O) groups is 2. The summed E-state index contributed by atoms with van der Waals surface area (Å²) in [5.74, 6) is -1.38. The lowest BCUT2D eigenvalue weighted by Gasteiger charge is -2.21. The molecule has 1 fully saturated rings. The van der Waals surface area contributed by atoms with Gasteiger partial charge >= 0.3 is 5.97 Å². The Morgan fingerprint density at radius 1 is 1.14 bits per heavy atom. The first-order chi connectivity index (χ1) is 13.5. The highest BCUT2D eigenvalue weighted by Gasteiger charge is 2.33. The molecule has 2 N–H and O–H groups in total. The van der Waals surface area contributed by atoms with E-state index in [2.05, 4.69) is 4.98 Å². The molecule has 144 valence electrons. The molecule has 0 radical (unpaired) electrons. The Hall–Kier alpha value is -3.15. The first-order valence-electron chi connectivity index (χ1n) is 9.42. The van der Waals surface area contributed by atoms with Gasteiger partial charge in [-0.3, -0.25) is 4.79 Å². The van der Waals surface area contributed by atoms with Gasteiger partial charge in [-0.1, -0.05) is 18.2 Å². The number of para-hydroxylation sites is 1. The van der Waals surface area contributed by atoms with E-state index in [1.54, 1.807) is 12.1 Å². The summed E-state index contributed by atoms with van der Waals surface area (Å²) in [4.78, 5) is 28.9. The molecule has 1 amide bonds. The number of aromatic nitrogens is 1. The van der Waals surface area contributed by atoms with Gasteiger partial charge in [-0.15, -0.1) is 0 Å². The highest BCUT2D eigenvalue weighted by molar-refractivity contribution is 5.91. The Kier molecular flexibility index (Phi) is 4.86. The number of nitrogens with one attached hydrogen (secondary N) is 1. The lowest BCUT2D eigenvalue weighted by atomic mass is 10.0. The van der Waals surface area contributed by atoms with E-state index in [-0.39, 0.29) is 18.1 Å². The van der Waals surface area contributed by atoms with Gasteiger partial charge < -0.3 is 15.0 Å². The molecule has 0 saturated carbocycles. The van der Waals surface area contributed by atoms with Crippen LogP contribution in [-0.4, -0.2) is 39.5 Å². The van der Waals surface area contributed by atoms with Crippen LogP contribution in [0.3, 0.4) is 0 Å². The van der Waals surface area contributed by atoms with Crippen molar-refractivity contribution in [3.63, 3.8) is 0 Å². The van der Waals surface area contributed by atoms with Gasteiger partial charge in [0.05, 0.1) is 0 Å². The minimum Gasteiger partial charge on any atom is -0.480 e. The van der Waals surface area contributed by atoms with E-state index in [4.69, 9.17) is 0 Å². The van der Waals surface area contributed by atoms with Crippen LogP contribution in [0.25, 0.3) is 22.2 Å². The highest BCUT2D eigenvalue weighted by atomic mass is 19.1. The van der Waals surface area contributed by atoms with Crippen molar-refractivity contribution in [1.82, 2.24) is 9.88 Å². The van der Waals surface area contributed by atoms with Crippen LogP contribution in [0.1, 0.15) is 24.8 Å². The molecule has 6 heteroatoms. The predicted molar refractivity (Wildman–Crippen MR) is 104 cm³/mol. The number of carbonyl (C=O) groups excluding carboxylic acids is 1. The number of amides is 1. The number of rotatable bonds is 5. The van der Waals surface area contributed by atoms with E-state index >= 15 is 0 Å². The fraction of sp³-hybridized carbons (Fsp3) is 0.273. The molecule has 3 aromatic rings. The van der Waals surface area contributed by atoms with E-state index in [0.717, 1.165) is 34.1 Å². The van der Waals surface area contributed by atoms with E-state index in [1.165, 1.54) is 17.0 Å². The van der Waals surface area contributed by atoms with Crippen molar-refractivity contribution < 1.29 is 19.1 Å². The van der Waals surface area contributed by atoms with Gasteiger partial charge in [0.25, 0.3) is 0 Å². The fourth-order valence-corrected chi connectivity index (χ4v) is 4.02. The number of aromatic amines is 1. The van der Waals surface area contributed by atoms with Crippen LogP contribution in [0.2, 0.25) is 0 Å². The zero-order valence-corrected chi connectivity index (χ0v) is 15.3. The van der Waals surface area contributed by atoms with Gasteiger partial charge in [-0.05, 0) is 60.7 Å². The van der Waals surface area contributed by atoms with Crippen molar-refractivity contribution in [2.24, 2.45) is 0 Å². The molecule has 28 heavy (non-hydrogen) atoms. The molecule has 2 heterocycles. The molecule has 1 aliphatic heterocycles. The maximum absolute atomic E-state index is 13.3. The van der Waals surface area contributed by atoms with Crippen molar-refractivity contribution in [3.8, 4) is 11.3 Å². The molecule has 1 atom stereocenters. The number of likely N-dealkylation sites (tertiary alicyclic amines) is 1. The quantitative estimate of drug-likeness (QED) is 0.703. The Morgan fingerprint density at radius 2 is 1.89 bits per heavy atom. The molecule has 1 aromatic heterocycles. The molecule has 5 nitrogen and oxygen atoms in total. The molecular formula is C22H21FN2O3. The Bertz CT molecular complexity index is 1030.